The van der Waals surface area contributed by atoms with Crippen LogP contribution in [0, 0.1) is 5.41 Å². The number of ether oxygens (including phenoxy) is 1. The van der Waals surface area contributed by atoms with Gasteiger partial charge in [-0.2, -0.15) is 0 Å². The molecule has 0 spiro atoms. The Morgan fingerprint density at radius 3 is 2.29 bits per heavy atom. The van der Waals surface area contributed by atoms with Gasteiger partial charge in [0.25, 0.3) is 0 Å². The fraction of sp³-hybridized carbons (Fsp3) is 0.429. The predicted molar refractivity (Wildman–Crippen MR) is 65.6 cm³/mol. The number of hydrogen-bond donors (Lipinski definition) is 0. The topological polar surface area (TPSA) is 43.4 Å². The maximum absolute atomic E-state index is 11.9. The summed E-state index contributed by atoms with van der Waals surface area (Å²) < 4.78 is 4.63. The second-order valence-electron chi connectivity index (χ2n) is 4.53. The van der Waals surface area contributed by atoms with Gasteiger partial charge in [-0.1, -0.05) is 30.3 Å². The van der Waals surface area contributed by atoms with E-state index in [4.69, 9.17) is 0 Å². The lowest BCUT2D eigenvalue weighted by molar-refractivity contribution is -0.155. The maximum atomic E-state index is 11.9. The Labute approximate surface area is 102 Å². The van der Waals surface area contributed by atoms with Crippen molar-refractivity contribution in [1.82, 2.24) is 0 Å². The van der Waals surface area contributed by atoms with Gasteiger partial charge >= 0.3 is 5.97 Å². The Hall–Kier alpha value is -1.64. The van der Waals surface area contributed by atoms with Crippen molar-refractivity contribution in [3.8, 4) is 0 Å². The van der Waals surface area contributed by atoms with E-state index >= 15 is 0 Å². The third kappa shape index (κ3) is 3.41. The van der Waals surface area contributed by atoms with Crippen LogP contribution in [0.3, 0.4) is 0 Å². The largest absolute Gasteiger partial charge is 0.468 e. The average molecular weight is 234 g/mol. The summed E-state index contributed by atoms with van der Waals surface area (Å²) in [5, 5.41) is 0. The van der Waals surface area contributed by atoms with Crippen LogP contribution in [-0.2, 0) is 20.7 Å². The Balaban J connectivity index is 2.58. The third-order valence-electron chi connectivity index (χ3n) is 2.88. The second kappa shape index (κ2) is 5.62. The fourth-order valence-corrected chi connectivity index (χ4v) is 1.58. The van der Waals surface area contributed by atoms with Gasteiger partial charge in [-0.05, 0) is 25.8 Å². The summed E-state index contributed by atoms with van der Waals surface area (Å²) in [6.07, 6.45) is 1.01. The van der Waals surface area contributed by atoms with Crippen molar-refractivity contribution in [3.05, 3.63) is 35.9 Å². The zero-order chi connectivity index (χ0) is 12.9. The first-order chi connectivity index (χ1) is 7.98. The Morgan fingerprint density at radius 2 is 1.76 bits per heavy atom. The molecule has 1 rings (SSSR count). The van der Waals surface area contributed by atoms with Gasteiger partial charge in [-0.25, -0.2) is 0 Å². The molecule has 0 aromatic heterocycles. The molecule has 0 aliphatic rings. The standard InChI is InChI=1S/C14H18O3/c1-14(2,13(16)17-3)12(15)10-9-11-7-5-4-6-8-11/h4-8H,9-10H2,1-3H3. The number of aryl methyl sites for hydroxylation is 1. The summed E-state index contributed by atoms with van der Waals surface area (Å²) in [6, 6.07) is 9.75. The van der Waals surface area contributed by atoms with E-state index in [1.165, 1.54) is 7.11 Å². The van der Waals surface area contributed by atoms with Crippen LogP contribution in [0.25, 0.3) is 0 Å². The molecule has 0 radical (unpaired) electrons. The summed E-state index contributed by atoms with van der Waals surface area (Å²) in [6.45, 7) is 3.21. The van der Waals surface area contributed by atoms with Crippen molar-refractivity contribution in [2.24, 2.45) is 5.41 Å². The summed E-state index contributed by atoms with van der Waals surface area (Å²) in [5.74, 6) is -0.566. The molecule has 0 unspecified atom stereocenters. The minimum absolute atomic E-state index is 0.0896. The van der Waals surface area contributed by atoms with Crippen molar-refractivity contribution < 1.29 is 14.3 Å². The van der Waals surface area contributed by atoms with Crippen molar-refractivity contribution in [1.29, 1.82) is 0 Å². The van der Waals surface area contributed by atoms with Crippen LogP contribution in [0.2, 0.25) is 0 Å². The van der Waals surface area contributed by atoms with Crippen LogP contribution in [0.1, 0.15) is 25.8 Å². The first-order valence-electron chi connectivity index (χ1n) is 5.64. The first-order valence-corrected chi connectivity index (χ1v) is 5.64. The van der Waals surface area contributed by atoms with E-state index < -0.39 is 11.4 Å². The Morgan fingerprint density at radius 1 is 1.18 bits per heavy atom. The summed E-state index contributed by atoms with van der Waals surface area (Å²) in [5.41, 5.74) is 0.0466. The van der Waals surface area contributed by atoms with E-state index in [0.717, 1.165) is 5.56 Å². The molecule has 3 nitrogen and oxygen atoms in total. The van der Waals surface area contributed by atoms with Crippen LogP contribution in [0.15, 0.2) is 30.3 Å². The molecule has 0 aliphatic carbocycles. The predicted octanol–water partition coefficient (Wildman–Crippen LogP) is 2.39. The highest BCUT2D eigenvalue weighted by molar-refractivity contribution is 6.02. The number of ketones is 1. The first kappa shape index (κ1) is 13.4. The van der Waals surface area contributed by atoms with Crippen molar-refractivity contribution in [3.63, 3.8) is 0 Å². The number of rotatable bonds is 5. The van der Waals surface area contributed by atoms with E-state index in [1.807, 2.05) is 30.3 Å². The summed E-state index contributed by atoms with van der Waals surface area (Å²) in [4.78, 5) is 23.4. The molecule has 0 saturated carbocycles. The summed E-state index contributed by atoms with van der Waals surface area (Å²) in [7, 11) is 1.30. The van der Waals surface area contributed by atoms with Gasteiger partial charge in [0, 0.05) is 6.42 Å². The molecule has 17 heavy (non-hydrogen) atoms. The molecule has 92 valence electrons. The van der Waals surface area contributed by atoms with Crippen molar-refractivity contribution >= 4 is 11.8 Å². The third-order valence-corrected chi connectivity index (χ3v) is 2.88. The fourth-order valence-electron chi connectivity index (χ4n) is 1.58. The minimum Gasteiger partial charge on any atom is -0.468 e. The molecule has 3 heteroatoms. The van der Waals surface area contributed by atoms with Gasteiger partial charge in [0.1, 0.15) is 11.2 Å². The number of benzene rings is 1. The molecule has 0 amide bonds. The van der Waals surface area contributed by atoms with E-state index in [2.05, 4.69) is 4.74 Å². The monoisotopic (exact) mass is 234 g/mol. The molecule has 0 atom stereocenters. The normalized spacial score (nSPS) is 11.0. The average Bonchev–Trinajstić information content (AvgIpc) is 2.35. The van der Waals surface area contributed by atoms with Crippen molar-refractivity contribution in [2.45, 2.75) is 26.7 Å². The lowest BCUT2D eigenvalue weighted by atomic mass is 9.85. The number of methoxy groups -OCH3 is 1. The zero-order valence-corrected chi connectivity index (χ0v) is 10.5. The number of esters is 1. The minimum atomic E-state index is -1.05. The van der Waals surface area contributed by atoms with E-state index in [9.17, 15) is 9.59 Å². The van der Waals surface area contributed by atoms with Crippen LogP contribution in [0.5, 0.6) is 0 Å². The Kier molecular flexibility index (Phi) is 4.44. The highest BCUT2D eigenvalue weighted by atomic mass is 16.5. The maximum Gasteiger partial charge on any atom is 0.318 e. The van der Waals surface area contributed by atoms with Crippen LogP contribution < -0.4 is 0 Å². The number of carbonyl (C=O) groups is 2. The summed E-state index contributed by atoms with van der Waals surface area (Å²) >= 11 is 0. The SMILES string of the molecule is COC(=O)C(C)(C)C(=O)CCc1ccccc1. The molecule has 0 fully saturated rings. The van der Waals surface area contributed by atoms with Gasteiger partial charge in [-0.3, -0.25) is 9.59 Å². The Bertz CT molecular complexity index is 393. The molecule has 1 aromatic rings. The molecule has 1 aromatic carbocycles. The molecular weight excluding hydrogens is 216 g/mol. The van der Waals surface area contributed by atoms with Gasteiger partial charge in [-0.15, -0.1) is 0 Å². The lowest BCUT2D eigenvalue weighted by Crippen LogP contribution is -2.34. The molecule has 0 saturated heterocycles. The molecule has 0 bridgehead atoms. The zero-order valence-electron chi connectivity index (χ0n) is 10.5. The highest BCUT2D eigenvalue weighted by Crippen LogP contribution is 2.21. The van der Waals surface area contributed by atoms with Gasteiger partial charge in [0.15, 0.2) is 0 Å². The smallest absolute Gasteiger partial charge is 0.318 e. The van der Waals surface area contributed by atoms with Crippen LogP contribution in [-0.4, -0.2) is 18.9 Å². The quantitative estimate of drug-likeness (QED) is 0.580. The van der Waals surface area contributed by atoms with E-state index in [0.29, 0.717) is 12.8 Å². The molecular formula is C14H18O3. The van der Waals surface area contributed by atoms with E-state index in [-0.39, 0.29) is 5.78 Å². The number of hydrogen-bond acceptors (Lipinski definition) is 3. The molecule has 0 N–H and O–H groups in total. The number of Topliss-reactive ketones (excluding diaryl/α,β-unsaturated/α-hetero) is 1. The molecule has 0 heterocycles. The number of carbonyl (C=O) groups excluding carboxylic acids is 2. The highest BCUT2D eigenvalue weighted by Gasteiger charge is 2.36. The van der Waals surface area contributed by atoms with Crippen LogP contribution in [0.4, 0.5) is 0 Å². The van der Waals surface area contributed by atoms with Crippen LogP contribution >= 0.6 is 0 Å². The second-order valence-corrected chi connectivity index (χ2v) is 4.53. The van der Waals surface area contributed by atoms with Gasteiger partial charge < -0.3 is 4.74 Å². The van der Waals surface area contributed by atoms with Gasteiger partial charge in [0.05, 0.1) is 7.11 Å². The van der Waals surface area contributed by atoms with Crippen molar-refractivity contribution in [2.75, 3.05) is 7.11 Å². The lowest BCUT2D eigenvalue weighted by Gasteiger charge is -2.19. The molecule has 0 aliphatic heterocycles. The van der Waals surface area contributed by atoms with E-state index in [1.54, 1.807) is 13.8 Å². The van der Waals surface area contributed by atoms with Gasteiger partial charge in [0.2, 0.25) is 0 Å².